The smallest absolute Gasteiger partial charge is 0.228 e. The summed E-state index contributed by atoms with van der Waals surface area (Å²) in [5.74, 6) is 1.18. The van der Waals surface area contributed by atoms with Gasteiger partial charge in [0.15, 0.2) is 17.0 Å². The van der Waals surface area contributed by atoms with Crippen molar-refractivity contribution in [2.75, 3.05) is 38.0 Å². The van der Waals surface area contributed by atoms with Gasteiger partial charge in [-0.25, -0.2) is 4.98 Å². The van der Waals surface area contributed by atoms with Crippen molar-refractivity contribution in [3.8, 4) is 0 Å². The molecule has 3 N–H and O–H groups in total. The summed E-state index contributed by atoms with van der Waals surface area (Å²) in [5, 5.41) is 22.1. The molecule has 0 amide bonds. The van der Waals surface area contributed by atoms with Crippen molar-refractivity contribution in [3.63, 3.8) is 0 Å². The molecule has 0 unspecified atom stereocenters. The molecule has 9 nitrogen and oxygen atoms in total. The Hall–Kier alpha value is -1.97. The van der Waals surface area contributed by atoms with Crippen LogP contribution in [0, 0.1) is 0 Å². The van der Waals surface area contributed by atoms with Gasteiger partial charge in [-0.3, -0.25) is 4.57 Å². The summed E-state index contributed by atoms with van der Waals surface area (Å²) in [6.07, 6.45) is 0.309. The topological polar surface area (TPSA) is 109 Å². The zero-order valence-electron chi connectivity index (χ0n) is 12.8. The molecule has 0 radical (unpaired) electrons. The van der Waals surface area contributed by atoms with Crippen LogP contribution < -0.4 is 10.2 Å². The summed E-state index contributed by atoms with van der Waals surface area (Å²) < 4.78 is 7.45. The van der Waals surface area contributed by atoms with Crippen LogP contribution in [0.15, 0.2) is 6.33 Å². The lowest BCUT2D eigenvalue weighted by molar-refractivity contribution is -0.0432. The van der Waals surface area contributed by atoms with Gasteiger partial charge in [-0.05, 0) is 0 Å². The standard InChI is InChI=1S/C13H20N6O3/c1-14-11-10-12(17-13(16-11)18(2)3)19(6-15-10)9-4-7(21)8(5-20)22-9/h6-9,20-21H,4-5H2,1-3H3,(H,14,16,17)/t7-,8+,9-/m1/s1. The average Bonchev–Trinajstić information content (AvgIpc) is 3.08. The number of rotatable bonds is 4. The van der Waals surface area contributed by atoms with Crippen molar-refractivity contribution in [1.29, 1.82) is 0 Å². The summed E-state index contributed by atoms with van der Waals surface area (Å²) in [7, 11) is 5.50. The summed E-state index contributed by atoms with van der Waals surface area (Å²) in [6, 6.07) is 0. The minimum Gasteiger partial charge on any atom is -0.394 e. The molecule has 0 spiro atoms. The Morgan fingerprint density at radius 1 is 1.45 bits per heavy atom. The molecule has 3 rings (SSSR count). The fourth-order valence-corrected chi connectivity index (χ4v) is 2.54. The Kier molecular flexibility index (Phi) is 3.85. The van der Waals surface area contributed by atoms with Crippen molar-refractivity contribution in [1.82, 2.24) is 19.5 Å². The number of nitrogens with one attached hydrogen (secondary N) is 1. The highest BCUT2D eigenvalue weighted by Gasteiger charge is 2.35. The molecule has 3 heterocycles. The molecule has 0 saturated carbocycles. The van der Waals surface area contributed by atoms with Crippen LogP contribution in [0.4, 0.5) is 11.8 Å². The number of anilines is 2. The lowest BCUT2D eigenvalue weighted by atomic mass is 10.2. The van der Waals surface area contributed by atoms with Gasteiger partial charge in [0.25, 0.3) is 0 Å². The summed E-state index contributed by atoms with van der Waals surface area (Å²) in [5.41, 5.74) is 1.26. The molecule has 0 bridgehead atoms. The van der Waals surface area contributed by atoms with Crippen LogP contribution in [0.5, 0.6) is 0 Å². The first kappa shape index (κ1) is 14.9. The number of fused-ring (bicyclic) bond motifs is 1. The molecule has 0 aliphatic carbocycles. The lowest BCUT2D eigenvalue weighted by Gasteiger charge is -2.15. The third-order valence-electron chi connectivity index (χ3n) is 3.74. The second kappa shape index (κ2) is 5.67. The van der Waals surface area contributed by atoms with Crippen LogP contribution in [0.25, 0.3) is 11.2 Å². The van der Waals surface area contributed by atoms with E-state index in [2.05, 4.69) is 20.3 Å². The van der Waals surface area contributed by atoms with Gasteiger partial charge in [0.2, 0.25) is 5.95 Å². The molecular formula is C13H20N6O3. The number of aliphatic hydroxyl groups excluding tert-OH is 2. The second-order valence-corrected chi connectivity index (χ2v) is 5.46. The van der Waals surface area contributed by atoms with E-state index in [1.165, 1.54) is 0 Å². The number of aliphatic hydroxyl groups is 2. The van der Waals surface area contributed by atoms with Gasteiger partial charge in [0.1, 0.15) is 12.3 Å². The number of ether oxygens (including phenoxy) is 1. The molecule has 2 aromatic heterocycles. The Labute approximate surface area is 127 Å². The first-order valence-corrected chi connectivity index (χ1v) is 7.09. The Morgan fingerprint density at radius 2 is 2.23 bits per heavy atom. The zero-order valence-corrected chi connectivity index (χ0v) is 12.8. The number of hydrogen-bond donors (Lipinski definition) is 3. The minimum atomic E-state index is -0.702. The predicted octanol–water partition coefficient (Wildman–Crippen LogP) is -0.425. The molecule has 3 atom stereocenters. The quantitative estimate of drug-likeness (QED) is 0.698. The van der Waals surface area contributed by atoms with Crippen molar-refractivity contribution < 1.29 is 14.9 Å². The Balaban J connectivity index is 2.06. The van der Waals surface area contributed by atoms with Gasteiger partial charge in [0.05, 0.1) is 19.0 Å². The van der Waals surface area contributed by atoms with Crippen molar-refractivity contribution >= 4 is 22.9 Å². The summed E-state index contributed by atoms with van der Waals surface area (Å²) >= 11 is 0. The van der Waals surface area contributed by atoms with E-state index in [0.717, 1.165) is 0 Å². The highest BCUT2D eigenvalue weighted by atomic mass is 16.5. The van der Waals surface area contributed by atoms with Crippen LogP contribution in [0.1, 0.15) is 12.6 Å². The molecule has 9 heteroatoms. The number of nitrogens with zero attached hydrogens (tertiary/aromatic N) is 5. The molecule has 1 aliphatic heterocycles. The molecule has 1 fully saturated rings. The Morgan fingerprint density at radius 3 is 2.82 bits per heavy atom. The third-order valence-corrected chi connectivity index (χ3v) is 3.74. The highest BCUT2D eigenvalue weighted by molar-refractivity contribution is 5.84. The molecule has 1 aliphatic rings. The van der Waals surface area contributed by atoms with E-state index in [-0.39, 0.29) is 6.61 Å². The van der Waals surface area contributed by atoms with Crippen LogP contribution in [-0.4, -0.2) is 69.7 Å². The maximum absolute atomic E-state index is 9.90. The van der Waals surface area contributed by atoms with Crippen molar-refractivity contribution in [3.05, 3.63) is 6.33 Å². The normalized spacial score (nSPS) is 24.9. The number of aromatic nitrogens is 4. The largest absolute Gasteiger partial charge is 0.394 e. The van der Waals surface area contributed by atoms with Crippen LogP contribution >= 0.6 is 0 Å². The van der Waals surface area contributed by atoms with E-state index in [9.17, 15) is 10.2 Å². The van der Waals surface area contributed by atoms with E-state index in [1.807, 2.05) is 14.1 Å². The van der Waals surface area contributed by atoms with Crippen LogP contribution in [0.3, 0.4) is 0 Å². The highest BCUT2D eigenvalue weighted by Crippen LogP contribution is 2.32. The first-order valence-electron chi connectivity index (χ1n) is 7.09. The second-order valence-electron chi connectivity index (χ2n) is 5.46. The zero-order chi connectivity index (χ0) is 15.9. The van der Waals surface area contributed by atoms with Gasteiger partial charge in [-0.15, -0.1) is 0 Å². The molecule has 2 aromatic rings. The molecule has 120 valence electrons. The molecular weight excluding hydrogens is 288 g/mol. The van der Waals surface area contributed by atoms with Gasteiger partial charge < -0.3 is 25.2 Å². The fraction of sp³-hybridized carbons (Fsp3) is 0.615. The maximum Gasteiger partial charge on any atom is 0.228 e. The van der Waals surface area contributed by atoms with Gasteiger partial charge in [-0.1, -0.05) is 0 Å². The van der Waals surface area contributed by atoms with Gasteiger partial charge >= 0.3 is 0 Å². The van der Waals surface area contributed by atoms with Crippen LogP contribution in [-0.2, 0) is 4.74 Å². The molecule has 1 saturated heterocycles. The van der Waals surface area contributed by atoms with Gasteiger partial charge in [-0.2, -0.15) is 9.97 Å². The van der Waals surface area contributed by atoms with E-state index in [0.29, 0.717) is 29.4 Å². The van der Waals surface area contributed by atoms with E-state index >= 15 is 0 Å². The Bertz CT molecular complexity index is 673. The van der Waals surface area contributed by atoms with Crippen molar-refractivity contribution in [2.45, 2.75) is 24.9 Å². The molecule has 22 heavy (non-hydrogen) atoms. The third kappa shape index (κ3) is 2.36. The number of imidazole rings is 1. The first-order chi connectivity index (χ1) is 10.5. The maximum atomic E-state index is 9.90. The summed E-state index contributed by atoms with van der Waals surface area (Å²) in [4.78, 5) is 15.1. The summed E-state index contributed by atoms with van der Waals surface area (Å²) in [6.45, 7) is -0.218. The van der Waals surface area contributed by atoms with Crippen LogP contribution in [0.2, 0.25) is 0 Å². The minimum absolute atomic E-state index is 0.218. The van der Waals surface area contributed by atoms with Gasteiger partial charge in [0, 0.05) is 27.6 Å². The SMILES string of the molecule is CNc1nc(N(C)C)nc2c1ncn2[C@H]1C[C@@H](O)[C@H](CO)O1. The average molecular weight is 308 g/mol. The monoisotopic (exact) mass is 308 g/mol. The van der Waals surface area contributed by atoms with E-state index in [4.69, 9.17) is 4.74 Å². The predicted molar refractivity (Wildman–Crippen MR) is 80.8 cm³/mol. The fourth-order valence-electron chi connectivity index (χ4n) is 2.54. The van der Waals surface area contributed by atoms with E-state index in [1.54, 1.807) is 22.8 Å². The van der Waals surface area contributed by atoms with E-state index < -0.39 is 18.4 Å². The molecule has 0 aromatic carbocycles. The lowest BCUT2D eigenvalue weighted by Crippen LogP contribution is -2.24. The number of hydrogen-bond acceptors (Lipinski definition) is 8. The van der Waals surface area contributed by atoms with Crippen molar-refractivity contribution in [2.24, 2.45) is 0 Å².